The summed E-state index contributed by atoms with van der Waals surface area (Å²) in [6.45, 7) is 7.32. The van der Waals surface area contributed by atoms with Crippen LogP contribution in [-0.2, 0) is 0 Å². The molecule has 0 saturated carbocycles. The fourth-order valence-corrected chi connectivity index (χ4v) is 0.768. The summed E-state index contributed by atoms with van der Waals surface area (Å²) in [6.07, 6.45) is 3.65. The van der Waals surface area contributed by atoms with Crippen molar-refractivity contribution in [2.75, 3.05) is 7.11 Å². The van der Waals surface area contributed by atoms with Crippen molar-refractivity contribution in [3.63, 3.8) is 0 Å². The van der Waals surface area contributed by atoms with Crippen LogP contribution in [0.25, 0.3) is 12.2 Å². The molecule has 64 valence electrons. The fourth-order valence-electron chi connectivity index (χ4n) is 0.768. The van der Waals surface area contributed by atoms with Crippen LogP contribution in [0.3, 0.4) is 0 Å². The van der Waals surface area contributed by atoms with E-state index in [9.17, 15) is 0 Å². The van der Waals surface area contributed by atoms with Gasteiger partial charge in [0.2, 0.25) is 0 Å². The van der Waals surface area contributed by atoms with Gasteiger partial charge in [-0.25, -0.2) is 0 Å². The molecule has 0 aliphatic rings. The Bertz CT molecular complexity index is 207. The Morgan fingerprint density at radius 3 is 1.33 bits per heavy atom. The van der Waals surface area contributed by atoms with Crippen LogP contribution in [0.5, 0.6) is 0 Å². The second kappa shape index (κ2) is 6.38. The maximum absolute atomic E-state index is 7.00. The SMILES string of the molecule is C=Cc1ccc(C=C)cc1.CO. The topological polar surface area (TPSA) is 20.2 Å². The molecule has 1 heteroatoms. The van der Waals surface area contributed by atoms with Crippen LogP contribution in [0.4, 0.5) is 0 Å². The Kier molecular flexibility index (Phi) is 5.66. The average molecular weight is 162 g/mol. The summed E-state index contributed by atoms with van der Waals surface area (Å²) in [6, 6.07) is 8.07. The molecule has 1 rings (SSSR count). The Balaban J connectivity index is 0.000000561. The lowest BCUT2D eigenvalue weighted by Crippen LogP contribution is -1.71. The van der Waals surface area contributed by atoms with E-state index in [1.165, 1.54) is 0 Å². The molecule has 0 heterocycles. The van der Waals surface area contributed by atoms with Crippen molar-refractivity contribution in [3.8, 4) is 0 Å². The monoisotopic (exact) mass is 162 g/mol. The molecule has 0 atom stereocenters. The molecular weight excluding hydrogens is 148 g/mol. The van der Waals surface area contributed by atoms with E-state index in [4.69, 9.17) is 5.11 Å². The van der Waals surface area contributed by atoms with Gasteiger partial charge in [0.05, 0.1) is 0 Å². The van der Waals surface area contributed by atoms with Gasteiger partial charge in [0.25, 0.3) is 0 Å². The summed E-state index contributed by atoms with van der Waals surface area (Å²) in [5.41, 5.74) is 2.29. The van der Waals surface area contributed by atoms with Crippen molar-refractivity contribution < 1.29 is 5.11 Å². The van der Waals surface area contributed by atoms with E-state index >= 15 is 0 Å². The van der Waals surface area contributed by atoms with Gasteiger partial charge in [-0.3, -0.25) is 0 Å². The molecule has 12 heavy (non-hydrogen) atoms. The molecule has 0 saturated heterocycles. The van der Waals surface area contributed by atoms with Gasteiger partial charge in [-0.2, -0.15) is 0 Å². The van der Waals surface area contributed by atoms with Crippen molar-refractivity contribution in [2.24, 2.45) is 0 Å². The Morgan fingerprint density at radius 2 is 1.17 bits per heavy atom. The molecule has 0 fully saturated rings. The number of benzene rings is 1. The van der Waals surface area contributed by atoms with Gasteiger partial charge in [-0.15, -0.1) is 0 Å². The molecule has 0 unspecified atom stereocenters. The molecule has 1 aromatic carbocycles. The molecule has 0 spiro atoms. The van der Waals surface area contributed by atoms with Crippen LogP contribution >= 0.6 is 0 Å². The third-order valence-electron chi connectivity index (χ3n) is 1.41. The van der Waals surface area contributed by atoms with Gasteiger partial charge in [-0.05, 0) is 11.1 Å². The molecular formula is C11H14O. The van der Waals surface area contributed by atoms with Gasteiger partial charge in [-0.1, -0.05) is 49.6 Å². The minimum Gasteiger partial charge on any atom is -0.400 e. The minimum absolute atomic E-state index is 1.00. The van der Waals surface area contributed by atoms with E-state index in [0.717, 1.165) is 18.2 Å². The minimum atomic E-state index is 1.00. The zero-order valence-corrected chi connectivity index (χ0v) is 7.33. The van der Waals surface area contributed by atoms with Crippen molar-refractivity contribution in [1.29, 1.82) is 0 Å². The van der Waals surface area contributed by atoms with E-state index in [1.807, 2.05) is 36.4 Å². The van der Waals surface area contributed by atoms with Gasteiger partial charge in [0.15, 0.2) is 0 Å². The number of rotatable bonds is 2. The molecule has 0 aliphatic heterocycles. The molecule has 0 aromatic heterocycles. The molecule has 1 nitrogen and oxygen atoms in total. The van der Waals surface area contributed by atoms with E-state index < -0.39 is 0 Å². The van der Waals surface area contributed by atoms with E-state index in [0.29, 0.717) is 0 Å². The van der Waals surface area contributed by atoms with Gasteiger partial charge in [0, 0.05) is 7.11 Å². The summed E-state index contributed by atoms with van der Waals surface area (Å²) in [4.78, 5) is 0. The van der Waals surface area contributed by atoms with Crippen LogP contribution in [0.2, 0.25) is 0 Å². The number of aliphatic hydroxyl groups is 1. The maximum atomic E-state index is 7.00. The highest BCUT2D eigenvalue weighted by atomic mass is 16.2. The summed E-state index contributed by atoms with van der Waals surface area (Å²) in [7, 11) is 1.00. The van der Waals surface area contributed by atoms with Crippen molar-refractivity contribution in [1.82, 2.24) is 0 Å². The predicted octanol–water partition coefficient (Wildman–Crippen LogP) is 2.58. The first kappa shape index (κ1) is 10.7. The van der Waals surface area contributed by atoms with Gasteiger partial charge < -0.3 is 5.11 Å². The van der Waals surface area contributed by atoms with Gasteiger partial charge in [0.1, 0.15) is 0 Å². The summed E-state index contributed by atoms with van der Waals surface area (Å²) >= 11 is 0. The van der Waals surface area contributed by atoms with E-state index in [2.05, 4.69) is 13.2 Å². The van der Waals surface area contributed by atoms with Crippen molar-refractivity contribution >= 4 is 12.2 Å². The Hall–Kier alpha value is -1.34. The predicted molar refractivity (Wildman–Crippen MR) is 54.8 cm³/mol. The second-order valence-electron chi connectivity index (χ2n) is 2.07. The largest absolute Gasteiger partial charge is 0.400 e. The molecule has 0 bridgehead atoms. The van der Waals surface area contributed by atoms with Crippen LogP contribution in [-0.4, -0.2) is 12.2 Å². The average Bonchev–Trinajstić information content (AvgIpc) is 2.21. The Labute approximate surface area is 73.7 Å². The van der Waals surface area contributed by atoms with Crippen molar-refractivity contribution in [3.05, 3.63) is 48.6 Å². The first-order valence-corrected chi connectivity index (χ1v) is 3.66. The maximum Gasteiger partial charge on any atom is 0.0319 e. The second-order valence-corrected chi connectivity index (χ2v) is 2.07. The molecule has 1 N–H and O–H groups in total. The molecule has 0 radical (unpaired) electrons. The highest BCUT2D eigenvalue weighted by molar-refractivity contribution is 5.53. The molecule has 0 aliphatic carbocycles. The third kappa shape index (κ3) is 3.17. The van der Waals surface area contributed by atoms with Crippen LogP contribution in [0.15, 0.2) is 37.4 Å². The number of hydrogen-bond donors (Lipinski definition) is 1. The summed E-state index contributed by atoms with van der Waals surface area (Å²) < 4.78 is 0. The zero-order chi connectivity index (χ0) is 9.40. The normalized spacial score (nSPS) is 7.83. The van der Waals surface area contributed by atoms with Crippen LogP contribution < -0.4 is 0 Å². The third-order valence-corrected chi connectivity index (χ3v) is 1.41. The van der Waals surface area contributed by atoms with Crippen LogP contribution in [0, 0.1) is 0 Å². The summed E-state index contributed by atoms with van der Waals surface area (Å²) in [5.74, 6) is 0. The number of aliphatic hydroxyl groups excluding tert-OH is 1. The van der Waals surface area contributed by atoms with Crippen molar-refractivity contribution in [2.45, 2.75) is 0 Å². The highest BCUT2D eigenvalue weighted by Gasteiger charge is 1.84. The highest BCUT2D eigenvalue weighted by Crippen LogP contribution is 2.05. The zero-order valence-electron chi connectivity index (χ0n) is 7.33. The number of hydrogen-bond acceptors (Lipinski definition) is 1. The fraction of sp³-hybridized carbons (Fsp3) is 0.0909. The molecule has 1 aromatic rings. The lowest BCUT2D eigenvalue weighted by molar-refractivity contribution is 0.399. The summed E-state index contributed by atoms with van der Waals surface area (Å²) in [5, 5.41) is 7.00. The quantitative estimate of drug-likeness (QED) is 0.708. The first-order chi connectivity index (χ1) is 5.86. The smallest absolute Gasteiger partial charge is 0.0319 e. The van der Waals surface area contributed by atoms with Gasteiger partial charge >= 0.3 is 0 Å². The van der Waals surface area contributed by atoms with E-state index in [1.54, 1.807) is 0 Å². The Morgan fingerprint density at radius 1 is 0.917 bits per heavy atom. The molecule has 0 amide bonds. The van der Waals surface area contributed by atoms with Crippen LogP contribution in [0.1, 0.15) is 11.1 Å². The first-order valence-electron chi connectivity index (χ1n) is 3.66. The standard InChI is InChI=1S/C10H10.CH4O/c1-3-9-5-7-10(4-2)8-6-9;1-2/h3-8H,1-2H2;2H,1H3. The lowest BCUT2D eigenvalue weighted by atomic mass is 10.1. The lowest BCUT2D eigenvalue weighted by Gasteiger charge is -1.92. The van der Waals surface area contributed by atoms with E-state index in [-0.39, 0.29) is 0 Å².